The van der Waals surface area contributed by atoms with E-state index in [1.165, 1.54) is 116 Å². The summed E-state index contributed by atoms with van der Waals surface area (Å²) < 4.78 is 0. The van der Waals surface area contributed by atoms with Crippen LogP contribution >= 0.6 is 0 Å². The quantitative estimate of drug-likeness (QED) is 0.0379. The van der Waals surface area contributed by atoms with Crippen molar-refractivity contribution in [1.29, 1.82) is 0 Å². The number of allylic oxidation sites excluding steroid dienone is 4. The van der Waals surface area contributed by atoms with Crippen LogP contribution in [0.5, 0.6) is 0 Å². The van der Waals surface area contributed by atoms with Gasteiger partial charge in [0.25, 0.3) is 0 Å². The van der Waals surface area contributed by atoms with Crippen LogP contribution in [0.1, 0.15) is 189 Å². The highest BCUT2D eigenvalue weighted by atomic mass is 16.1. The molecule has 0 fully saturated rings. The first kappa shape index (κ1) is 44.5. The number of hydrogen-bond donors (Lipinski definition) is 1. The molecule has 3 heteroatoms. The van der Waals surface area contributed by atoms with Gasteiger partial charge in [-0.2, -0.15) is 0 Å². The standard InChI is InChI=1S/C34H64O.C7H11NO/c1-6-9-10-11-12-13-14-15-16-17-18-19-20-21-22-26-34(35)30-29-33(8-3)25-23-24-32(5)28-27-31(4)7-2;1-3-7(9)5-4-6-8-2/h12-13,28,31,33H,6-11,14-27,29-30H2,1-5H3;1,8H,4-6H2,2H3/b13-12-,32-28+;. The van der Waals surface area contributed by atoms with E-state index in [0.29, 0.717) is 12.2 Å². The van der Waals surface area contributed by atoms with E-state index in [2.05, 4.69) is 64.1 Å². The minimum absolute atomic E-state index is 0.106. The highest BCUT2D eigenvalue weighted by Gasteiger charge is 2.10. The highest BCUT2D eigenvalue weighted by molar-refractivity contribution is 5.94. The Kier molecular flexibility index (Phi) is 36.2. The van der Waals surface area contributed by atoms with Crippen molar-refractivity contribution in [3.63, 3.8) is 0 Å². The lowest BCUT2D eigenvalue weighted by Crippen LogP contribution is -2.08. The molecule has 0 aromatic carbocycles. The van der Waals surface area contributed by atoms with E-state index in [-0.39, 0.29) is 5.78 Å². The molecule has 256 valence electrons. The molecule has 3 nitrogen and oxygen atoms in total. The zero-order valence-corrected chi connectivity index (χ0v) is 30.5. The van der Waals surface area contributed by atoms with Crippen molar-refractivity contribution < 1.29 is 9.59 Å². The Labute approximate surface area is 276 Å². The van der Waals surface area contributed by atoms with Gasteiger partial charge in [-0.3, -0.25) is 9.59 Å². The Bertz CT molecular complexity index is 744. The summed E-state index contributed by atoms with van der Waals surface area (Å²) >= 11 is 0. The number of ketones is 2. The van der Waals surface area contributed by atoms with Crippen LogP contribution in [-0.2, 0) is 9.59 Å². The number of hydrogen-bond acceptors (Lipinski definition) is 3. The summed E-state index contributed by atoms with van der Waals surface area (Å²) in [6, 6.07) is 0. The minimum atomic E-state index is -0.106. The van der Waals surface area contributed by atoms with Crippen LogP contribution < -0.4 is 5.32 Å². The summed E-state index contributed by atoms with van der Waals surface area (Å²) in [5.41, 5.74) is 1.56. The molecular weight excluding hydrogens is 538 g/mol. The molecule has 2 atom stereocenters. The summed E-state index contributed by atoms with van der Waals surface area (Å²) in [6.07, 6.45) is 40.7. The molecule has 0 bridgehead atoms. The third-order valence-corrected chi connectivity index (χ3v) is 8.87. The predicted octanol–water partition coefficient (Wildman–Crippen LogP) is 12.1. The van der Waals surface area contributed by atoms with E-state index >= 15 is 0 Å². The Morgan fingerprint density at radius 2 is 1.34 bits per heavy atom. The molecule has 0 heterocycles. The molecule has 0 aliphatic rings. The van der Waals surface area contributed by atoms with Gasteiger partial charge in [-0.1, -0.05) is 122 Å². The predicted molar refractivity (Wildman–Crippen MR) is 196 cm³/mol. The molecule has 0 aliphatic heterocycles. The lowest BCUT2D eigenvalue weighted by molar-refractivity contribution is -0.119. The molecule has 0 aliphatic carbocycles. The topological polar surface area (TPSA) is 46.2 Å². The molecule has 0 spiro atoms. The van der Waals surface area contributed by atoms with E-state index in [4.69, 9.17) is 6.42 Å². The second-order valence-electron chi connectivity index (χ2n) is 13.2. The smallest absolute Gasteiger partial charge is 0.205 e. The fraction of sp³-hybridized carbons (Fsp3) is 0.805. The summed E-state index contributed by atoms with van der Waals surface area (Å²) in [4.78, 5) is 22.8. The molecule has 0 amide bonds. The molecule has 0 aromatic heterocycles. The lowest BCUT2D eigenvalue weighted by Gasteiger charge is -2.14. The third kappa shape index (κ3) is 34.8. The van der Waals surface area contributed by atoms with Gasteiger partial charge in [0.05, 0.1) is 0 Å². The molecule has 0 saturated heterocycles. The van der Waals surface area contributed by atoms with Crippen molar-refractivity contribution in [3.05, 3.63) is 23.8 Å². The average Bonchev–Trinajstić information content (AvgIpc) is 3.03. The Morgan fingerprint density at radius 1 is 0.727 bits per heavy atom. The van der Waals surface area contributed by atoms with Crippen LogP contribution in [0.2, 0.25) is 0 Å². The van der Waals surface area contributed by atoms with Crippen LogP contribution in [0.4, 0.5) is 0 Å². The molecule has 0 saturated carbocycles. The maximum Gasteiger partial charge on any atom is 0.205 e. The highest BCUT2D eigenvalue weighted by Crippen LogP contribution is 2.22. The van der Waals surface area contributed by atoms with Crippen LogP contribution in [0.25, 0.3) is 0 Å². The third-order valence-electron chi connectivity index (χ3n) is 8.87. The normalized spacial score (nSPS) is 12.9. The SMILES string of the molecule is C#CC(=O)CCCNC.CCCCC/C=C\CCCCCCCCCCC(=O)CCC(CC)CCC/C(C)=C/CC(C)CC. The Morgan fingerprint density at radius 3 is 1.91 bits per heavy atom. The lowest BCUT2D eigenvalue weighted by atomic mass is 9.91. The van der Waals surface area contributed by atoms with Gasteiger partial charge in [-0.05, 0) is 102 Å². The van der Waals surface area contributed by atoms with Crippen molar-refractivity contribution in [2.45, 2.75) is 189 Å². The van der Waals surface area contributed by atoms with Crippen LogP contribution in [0, 0.1) is 24.2 Å². The van der Waals surface area contributed by atoms with E-state index in [1.54, 1.807) is 5.57 Å². The van der Waals surface area contributed by atoms with Gasteiger partial charge in [-0.25, -0.2) is 0 Å². The van der Waals surface area contributed by atoms with Gasteiger partial charge in [0.15, 0.2) is 0 Å². The monoisotopic (exact) mass is 614 g/mol. The Hall–Kier alpha value is -1.66. The van der Waals surface area contributed by atoms with E-state index < -0.39 is 0 Å². The number of nitrogens with one attached hydrogen (secondary N) is 1. The van der Waals surface area contributed by atoms with Gasteiger partial charge in [0.2, 0.25) is 5.78 Å². The maximum atomic E-state index is 12.3. The molecule has 0 aromatic rings. The van der Waals surface area contributed by atoms with Crippen LogP contribution in [0.15, 0.2) is 23.8 Å². The van der Waals surface area contributed by atoms with Crippen molar-refractivity contribution in [2.75, 3.05) is 13.6 Å². The number of unbranched alkanes of at least 4 members (excludes halogenated alkanes) is 11. The van der Waals surface area contributed by atoms with Gasteiger partial charge in [0.1, 0.15) is 5.78 Å². The van der Waals surface area contributed by atoms with Gasteiger partial charge >= 0.3 is 0 Å². The molecular formula is C41H75NO2. The molecule has 0 rings (SSSR count). The largest absolute Gasteiger partial charge is 0.320 e. The minimum Gasteiger partial charge on any atom is -0.320 e. The zero-order chi connectivity index (χ0) is 33.1. The maximum absolute atomic E-state index is 12.3. The Balaban J connectivity index is 0. The van der Waals surface area contributed by atoms with Crippen molar-refractivity contribution in [3.8, 4) is 12.3 Å². The number of Topliss-reactive ketones (excluding diaryl/α,β-unsaturated/α-hetero) is 2. The summed E-state index contributed by atoms with van der Waals surface area (Å²) in [5, 5.41) is 2.93. The first-order valence-corrected chi connectivity index (χ1v) is 18.8. The number of carbonyl (C=O) groups is 2. The first-order valence-electron chi connectivity index (χ1n) is 18.8. The van der Waals surface area contributed by atoms with Crippen molar-refractivity contribution in [2.24, 2.45) is 11.8 Å². The van der Waals surface area contributed by atoms with Crippen LogP contribution in [-0.4, -0.2) is 25.2 Å². The number of carbonyl (C=O) groups excluding carboxylic acids is 2. The summed E-state index contributed by atoms with van der Waals surface area (Å²) in [5.74, 6) is 4.00. The zero-order valence-electron chi connectivity index (χ0n) is 30.5. The van der Waals surface area contributed by atoms with Gasteiger partial charge in [-0.15, -0.1) is 6.42 Å². The molecule has 44 heavy (non-hydrogen) atoms. The van der Waals surface area contributed by atoms with Crippen molar-refractivity contribution >= 4 is 11.6 Å². The molecule has 2 unspecified atom stereocenters. The fourth-order valence-electron chi connectivity index (χ4n) is 5.27. The van der Waals surface area contributed by atoms with E-state index in [0.717, 1.165) is 50.5 Å². The van der Waals surface area contributed by atoms with Crippen LogP contribution in [0.3, 0.4) is 0 Å². The van der Waals surface area contributed by atoms with E-state index in [9.17, 15) is 9.59 Å². The van der Waals surface area contributed by atoms with Gasteiger partial charge in [0, 0.05) is 19.3 Å². The summed E-state index contributed by atoms with van der Waals surface area (Å²) in [6.45, 7) is 12.3. The number of rotatable bonds is 30. The molecule has 0 radical (unpaired) electrons. The molecule has 1 N–H and O–H groups in total. The fourth-order valence-corrected chi connectivity index (χ4v) is 5.27. The number of terminal acetylenes is 1. The first-order chi connectivity index (χ1) is 21.3. The van der Waals surface area contributed by atoms with Crippen molar-refractivity contribution in [1.82, 2.24) is 5.32 Å². The van der Waals surface area contributed by atoms with Gasteiger partial charge < -0.3 is 5.32 Å². The second-order valence-corrected chi connectivity index (χ2v) is 13.2. The average molecular weight is 614 g/mol. The van der Waals surface area contributed by atoms with E-state index in [1.807, 2.05) is 7.05 Å². The second kappa shape index (κ2) is 35.8. The summed E-state index contributed by atoms with van der Waals surface area (Å²) in [7, 11) is 1.85.